The van der Waals surface area contributed by atoms with E-state index in [9.17, 15) is 0 Å². The van der Waals surface area contributed by atoms with Crippen LogP contribution in [0.4, 0.5) is 17.1 Å². The molecule has 0 saturated heterocycles. The van der Waals surface area contributed by atoms with Crippen LogP contribution in [-0.4, -0.2) is 0 Å². The predicted octanol–water partition coefficient (Wildman–Crippen LogP) is 6.03. The van der Waals surface area contributed by atoms with E-state index >= 15 is 0 Å². The second kappa shape index (κ2) is 5.69. The minimum Gasteiger partial charge on any atom is -0.311 e. The first-order valence-electron chi connectivity index (χ1n) is 7.92. The Morgan fingerprint density at radius 3 is 1.45 bits per heavy atom. The Labute approximate surface area is 131 Å². The zero-order valence-corrected chi connectivity index (χ0v) is 12.5. The van der Waals surface area contributed by atoms with Gasteiger partial charge in [0, 0.05) is 17.1 Å². The third kappa shape index (κ3) is 2.62. The lowest BCUT2D eigenvalue weighted by Gasteiger charge is -2.25. The molecule has 1 aliphatic rings. The molecule has 1 aliphatic carbocycles. The number of hydrogen-bond acceptors (Lipinski definition) is 1. The molecule has 1 fully saturated rings. The second-order valence-electron chi connectivity index (χ2n) is 5.87. The fraction of sp³-hybridized carbons (Fsp3) is 0.143. The Hall–Kier alpha value is -2.54. The van der Waals surface area contributed by atoms with Gasteiger partial charge >= 0.3 is 0 Å². The number of hydrogen-bond donors (Lipinski definition) is 0. The minimum atomic E-state index is 0.802. The van der Waals surface area contributed by atoms with E-state index in [1.54, 1.807) is 0 Å². The fourth-order valence-electron chi connectivity index (χ4n) is 2.91. The van der Waals surface area contributed by atoms with Gasteiger partial charge in [-0.15, -0.1) is 0 Å². The molecular weight excluding hydrogens is 266 g/mol. The molecule has 22 heavy (non-hydrogen) atoms. The second-order valence-corrected chi connectivity index (χ2v) is 5.87. The topological polar surface area (TPSA) is 3.24 Å². The van der Waals surface area contributed by atoms with Crippen LogP contribution in [0.1, 0.15) is 24.3 Å². The van der Waals surface area contributed by atoms with Crippen LogP contribution in [0.2, 0.25) is 0 Å². The van der Waals surface area contributed by atoms with E-state index in [0.29, 0.717) is 0 Å². The lowest BCUT2D eigenvalue weighted by atomic mass is 10.1. The van der Waals surface area contributed by atoms with Gasteiger partial charge in [0.1, 0.15) is 0 Å². The van der Waals surface area contributed by atoms with Gasteiger partial charge in [0.25, 0.3) is 0 Å². The van der Waals surface area contributed by atoms with Crippen molar-refractivity contribution in [2.75, 3.05) is 4.90 Å². The lowest BCUT2D eigenvalue weighted by Crippen LogP contribution is -2.09. The monoisotopic (exact) mass is 285 g/mol. The normalized spacial score (nSPS) is 13.8. The number of para-hydroxylation sites is 2. The van der Waals surface area contributed by atoms with Crippen LogP contribution in [-0.2, 0) is 0 Å². The zero-order chi connectivity index (χ0) is 14.8. The summed E-state index contributed by atoms with van der Waals surface area (Å²) in [6.07, 6.45) is 2.70. The molecule has 0 bridgehead atoms. The summed E-state index contributed by atoms with van der Waals surface area (Å²) in [4.78, 5) is 2.30. The van der Waals surface area contributed by atoms with Crippen LogP contribution in [0.3, 0.4) is 0 Å². The highest BCUT2D eigenvalue weighted by Gasteiger charge is 2.23. The highest BCUT2D eigenvalue weighted by atomic mass is 15.1. The molecule has 3 aromatic carbocycles. The van der Waals surface area contributed by atoms with E-state index < -0.39 is 0 Å². The average molecular weight is 285 g/mol. The van der Waals surface area contributed by atoms with Crippen LogP contribution in [0, 0.1) is 0 Å². The highest BCUT2D eigenvalue weighted by Crippen LogP contribution is 2.41. The number of nitrogens with zero attached hydrogens (tertiary/aromatic N) is 1. The largest absolute Gasteiger partial charge is 0.311 e. The minimum absolute atomic E-state index is 0.802. The third-order valence-corrected chi connectivity index (χ3v) is 4.23. The molecule has 0 amide bonds. The molecule has 0 unspecified atom stereocenters. The standard InChI is InChI=1S/C21H19N/c1-3-7-19(8-4-1)22(20-9-5-2-6-10-20)21-15-13-18(14-16-21)17-11-12-17/h1-10,13-17H,11-12H2. The van der Waals surface area contributed by atoms with Crippen molar-refractivity contribution >= 4 is 17.1 Å². The summed E-state index contributed by atoms with van der Waals surface area (Å²) in [5.74, 6) is 0.802. The molecule has 1 nitrogen and oxygen atoms in total. The molecule has 0 spiro atoms. The highest BCUT2D eigenvalue weighted by molar-refractivity contribution is 5.76. The van der Waals surface area contributed by atoms with Crippen molar-refractivity contribution in [2.45, 2.75) is 18.8 Å². The van der Waals surface area contributed by atoms with Gasteiger partial charge in [-0.1, -0.05) is 48.5 Å². The predicted molar refractivity (Wildman–Crippen MR) is 93.1 cm³/mol. The molecule has 0 atom stereocenters. The number of benzene rings is 3. The van der Waals surface area contributed by atoms with Gasteiger partial charge in [-0.05, 0) is 60.7 Å². The van der Waals surface area contributed by atoms with E-state index in [-0.39, 0.29) is 0 Å². The Bertz CT molecular complexity index is 688. The average Bonchev–Trinajstić information content (AvgIpc) is 3.43. The quantitative estimate of drug-likeness (QED) is 0.565. The Morgan fingerprint density at radius 1 is 0.545 bits per heavy atom. The third-order valence-electron chi connectivity index (χ3n) is 4.23. The molecular formula is C21H19N. The van der Waals surface area contributed by atoms with E-state index in [0.717, 1.165) is 5.92 Å². The van der Waals surface area contributed by atoms with Crippen LogP contribution >= 0.6 is 0 Å². The summed E-state index contributed by atoms with van der Waals surface area (Å²) in [5.41, 5.74) is 5.06. The van der Waals surface area contributed by atoms with E-state index in [1.165, 1.54) is 35.5 Å². The first-order valence-corrected chi connectivity index (χ1v) is 7.92. The Balaban J connectivity index is 1.76. The summed E-state index contributed by atoms with van der Waals surface area (Å²) in [5, 5.41) is 0. The van der Waals surface area contributed by atoms with Crippen molar-refractivity contribution in [2.24, 2.45) is 0 Å². The maximum atomic E-state index is 2.30. The molecule has 1 saturated carbocycles. The van der Waals surface area contributed by atoms with Crippen LogP contribution in [0.25, 0.3) is 0 Å². The van der Waals surface area contributed by atoms with Crippen molar-refractivity contribution in [1.82, 2.24) is 0 Å². The summed E-state index contributed by atoms with van der Waals surface area (Å²) >= 11 is 0. The van der Waals surface area contributed by atoms with E-state index in [2.05, 4.69) is 89.8 Å². The molecule has 0 heterocycles. The Kier molecular flexibility index (Phi) is 3.40. The molecule has 1 heteroatoms. The maximum Gasteiger partial charge on any atom is 0.0461 e. The van der Waals surface area contributed by atoms with Gasteiger partial charge in [0.15, 0.2) is 0 Å². The SMILES string of the molecule is c1ccc(N(c2ccccc2)c2ccc(C3CC3)cc2)cc1. The van der Waals surface area contributed by atoms with Gasteiger partial charge in [0.2, 0.25) is 0 Å². The van der Waals surface area contributed by atoms with E-state index in [4.69, 9.17) is 0 Å². The van der Waals surface area contributed by atoms with Gasteiger partial charge < -0.3 is 4.90 Å². The summed E-state index contributed by atoms with van der Waals surface area (Å²) < 4.78 is 0. The molecule has 0 aromatic heterocycles. The first-order chi connectivity index (χ1) is 10.9. The number of rotatable bonds is 4. The van der Waals surface area contributed by atoms with Gasteiger partial charge in [0.05, 0.1) is 0 Å². The summed E-state index contributed by atoms with van der Waals surface area (Å²) in [6.45, 7) is 0. The molecule has 0 N–H and O–H groups in total. The molecule has 0 aliphatic heterocycles. The van der Waals surface area contributed by atoms with E-state index in [1.807, 2.05) is 0 Å². The smallest absolute Gasteiger partial charge is 0.0461 e. The first kappa shape index (κ1) is 13.1. The molecule has 0 radical (unpaired) electrons. The molecule has 3 aromatic rings. The summed E-state index contributed by atoms with van der Waals surface area (Å²) in [7, 11) is 0. The van der Waals surface area contributed by atoms with Crippen molar-refractivity contribution in [3.63, 3.8) is 0 Å². The van der Waals surface area contributed by atoms with Crippen LogP contribution in [0.5, 0.6) is 0 Å². The maximum absolute atomic E-state index is 2.30. The van der Waals surface area contributed by atoms with Crippen LogP contribution in [0.15, 0.2) is 84.9 Å². The van der Waals surface area contributed by atoms with Gasteiger partial charge in [-0.3, -0.25) is 0 Å². The number of anilines is 3. The van der Waals surface area contributed by atoms with Crippen molar-refractivity contribution in [3.8, 4) is 0 Å². The van der Waals surface area contributed by atoms with Crippen molar-refractivity contribution in [1.29, 1.82) is 0 Å². The lowest BCUT2D eigenvalue weighted by molar-refractivity contribution is 1.13. The van der Waals surface area contributed by atoms with Gasteiger partial charge in [-0.2, -0.15) is 0 Å². The molecule has 4 rings (SSSR count). The van der Waals surface area contributed by atoms with Gasteiger partial charge in [-0.25, -0.2) is 0 Å². The summed E-state index contributed by atoms with van der Waals surface area (Å²) in [6, 6.07) is 30.1. The van der Waals surface area contributed by atoms with Crippen LogP contribution < -0.4 is 4.90 Å². The Morgan fingerprint density at radius 2 is 1.00 bits per heavy atom. The fourth-order valence-corrected chi connectivity index (χ4v) is 2.91. The zero-order valence-electron chi connectivity index (χ0n) is 12.5. The van der Waals surface area contributed by atoms with Crippen molar-refractivity contribution < 1.29 is 0 Å². The molecule has 108 valence electrons. The van der Waals surface area contributed by atoms with Crippen molar-refractivity contribution in [3.05, 3.63) is 90.5 Å².